The lowest BCUT2D eigenvalue weighted by Crippen LogP contribution is -2.36. The summed E-state index contributed by atoms with van der Waals surface area (Å²) in [6.07, 6.45) is 0.0137. The van der Waals surface area contributed by atoms with Gasteiger partial charge in [0.2, 0.25) is 0 Å². The number of alkyl halides is 3. The highest BCUT2D eigenvalue weighted by Gasteiger charge is 2.32. The van der Waals surface area contributed by atoms with Crippen LogP contribution in [-0.2, 0) is 6.18 Å². The number of rotatable bonds is 2. The van der Waals surface area contributed by atoms with Crippen LogP contribution in [0.5, 0.6) is 0 Å². The molecular formula is C15H16ClF3N4. The second-order valence-electron chi connectivity index (χ2n) is 5.75. The van der Waals surface area contributed by atoms with Crippen molar-refractivity contribution in [3.63, 3.8) is 0 Å². The Kier molecular flexibility index (Phi) is 4.23. The Bertz CT molecular complexity index is 661. The van der Waals surface area contributed by atoms with Crippen LogP contribution in [0.4, 0.5) is 19.0 Å². The topological polar surface area (TPSA) is 54.5 Å². The van der Waals surface area contributed by atoms with Crippen LogP contribution in [0.15, 0.2) is 29.0 Å². The maximum Gasteiger partial charge on any atom is 0.417 e. The third kappa shape index (κ3) is 3.44. The van der Waals surface area contributed by atoms with Crippen molar-refractivity contribution >= 4 is 23.1 Å². The maximum absolute atomic E-state index is 12.7. The van der Waals surface area contributed by atoms with Gasteiger partial charge in [-0.15, -0.1) is 0 Å². The van der Waals surface area contributed by atoms with Crippen molar-refractivity contribution in [1.29, 1.82) is 0 Å². The molecule has 0 saturated carbocycles. The van der Waals surface area contributed by atoms with E-state index >= 15 is 0 Å². The predicted octanol–water partition coefficient (Wildman–Crippen LogP) is 3.27. The first-order valence-electron chi connectivity index (χ1n) is 7.32. The summed E-state index contributed by atoms with van der Waals surface area (Å²) in [5, 5.41) is 0.0284. The molecule has 1 saturated heterocycles. The minimum atomic E-state index is -4.44. The quantitative estimate of drug-likeness (QED) is 0.896. The van der Waals surface area contributed by atoms with Crippen LogP contribution in [0, 0.1) is 5.92 Å². The van der Waals surface area contributed by atoms with E-state index in [1.165, 1.54) is 0 Å². The number of halogens is 4. The molecule has 0 unspecified atom stereocenters. The van der Waals surface area contributed by atoms with Gasteiger partial charge < -0.3 is 10.6 Å². The molecule has 0 amide bonds. The summed E-state index contributed by atoms with van der Waals surface area (Å²) in [4.78, 5) is 10.2. The molecule has 3 heterocycles. The number of aromatic nitrogens is 1. The van der Waals surface area contributed by atoms with E-state index in [1.807, 2.05) is 11.0 Å². The number of nitrogens with zero attached hydrogens (tertiary/aromatic N) is 3. The molecule has 0 aromatic carbocycles. The predicted molar refractivity (Wildman–Crippen MR) is 83.8 cm³/mol. The van der Waals surface area contributed by atoms with Crippen molar-refractivity contribution in [2.75, 3.05) is 24.5 Å². The first-order valence-corrected chi connectivity index (χ1v) is 7.70. The summed E-state index contributed by atoms with van der Waals surface area (Å²) in [6.45, 7) is 1.91. The van der Waals surface area contributed by atoms with Crippen molar-refractivity contribution in [1.82, 2.24) is 4.98 Å². The molecule has 1 fully saturated rings. The van der Waals surface area contributed by atoms with Crippen molar-refractivity contribution in [3.8, 4) is 0 Å². The van der Waals surface area contributed by atoms with Crippen molar-refractivity contribution in [3.05, 3.63) is 34.6 Å². The van der Waals surface area contributed by atoms with E-state index in [9.17, 15) is 13.2 Å². The molecule has 2 aliphatic rings. The first kappa shape index (κ1) is 16.1. The summed E-state index contributed by atoms with van der Waals surface area (Å²) in [6, 6.07) is 0.931. The van der Waals surface area contributed by atoms with Crippen LogP contribution >= 0.6 is 11.6 Å². The van der Waals surface area contributed by atoms with E-state index in [0.29, 0.717) is 31.4 Å². The fourth-order valence-electron chi connectivity index (χ4n) is 2.92. The normalized spacial score (nSPS) is 19.7. The van der Waals surface area contributed by atoms with Gasteiger partial charge in [-0.1, -0.05) is 11.6 Å². The molecule has 8 heteroatoms. The van der Waals surface area contributed by atoms with Crippen molar-refractivity contribution in [2.45, 2.75) is 19.0 Å². The summed E-state index contributed by atoms with van der Waals surface area (Å²) in [5.41, 5.74) is 6.70. The molecule has 0 atom stereocenters. The summed E-state index contributed by atoms with van der Waals surface area (Å²) in [5.74, 6) is 0.738. The number of piperidine rings is 1. The van der Waals surface area contributed by atoms with Crippen LogP contribution in [0.25, 0.3) is 0 Å². The van der Waals surface area contributed by atoms with E-state index in [1.54, 1.807) is 0 Å². The highest BCUT2D eigenvalue weighted by atomic mass is 35.5. The average Bonchev–Trinajstić information content (AvgIpc) is 2.93. The highest BCUT2D eigenvalue weighted by molar-refractivity contribution is 6.33. The van der Waals surface area contributed by atoms with Gasteiger partial charge in [-0.3, -0.25) is 4.99 Å². The van der Waals surface area contributed by atoms with Gasteiger partial charge in [0.1, 0.15) is 5.82 Å². The lowest BCUT2D eigenvalue weighted by atomic mass is 9.92. The number of nitrogens with two attached hydrogens (primary N) is 1. The van der Waals surface area contributed by atoms with E-state index in [-0.39, 0.29) is 5.02 Å². The van der Waals surface area contributed by atoms with Gasteiger partial charge in [0.25, 0.3) is 0 Å². The smallest absolute Gasteiger partial charge is 0.400 e. The Hall–Kier alpha value is -1.76. The number of pyridine rings is 1. The Morgan fingerprint density at radius 2 is 1.96 bits per heavy atom. The first-order chi connectivity index (χ1) is 10.8. The van der Waals surface area contributed by atoms with Gasteiger partial charge in [0.05, 0.1) is 17.1 Å². The molecule has 1 aromatic rings. The minimum absolute atomic E-state index is 0.0284. The summed E-state index contributed by atoms with van der Waals surface area (Å²) >= 11 is 6.00. The molecule has 0 spiro atoms. The molecule has 1 aromatic heterocycles. The Morgan fingerprint density at radius 3 is 2.48 bits per heavy atom. The van der Waals surface area contributed by atoms with Gasteiger partial charge in [-0.25, -0.2) is 4.98 Å². The van der Waals surface area contributed by atoms with Crippen LogP contribution < -0.4 is 10.6 Å². The standard InChI is InChI=1S/C15H16ClF3N4/c16-12-5-10(15(17,18)19)7-22-14(12)23-3-1-9(2-4-23)13-6-11(20)8-21-13/h5-7,9H,1-4,8,20H2. The van der Waals surface area contributed by atoms with Crippen LogP contribution in [-0.4, -0.2) is 30.3 Å². The molecule has 2 aliphatic heterocycles. The van der Waals surface area contributed by atoms with Gasteiger partial charge in [-0.05, 0) is 25.0 Å². The van der Waals surface area contributed by atoms with Gasteiger partial charge in [0.15, 0.2) is 0 Å². The molecule has 3 rings (SSSR count). The molecule has 0 bridgehead atoms. The van der Waals surface area contributed by atoms with E-state index in [2.05, 4.69) is 9.98 Å². The molecule has 2 N–H and O–H groups in total. The highest BCUT2D eigenvalue weighted by Crippen LogP contribution is 2.35. The average molecular weight is 345 g/mol. The maximum atomic E-state index is 12.7. The van der Waals surface area contributed by atoms with E-state index in [4.69, 9.17) is 17.3 Å². The van der Waals surface area contributed by atoms with Crippen molar-refractivity contribution in [2.24, 2.45) is 16.6 Å². The summed E-state index contributed by atoms with van der Waals surface area (Å²) in [7, 11) is 0. The number of aliphatic imine (C=N–C) groups is 1. The fourth-order valence-corrected chi connectivity index (χ4v) is 3.20. The molecule has 23 heavy (non-hydrogen) atoms. The number of anilines is 1. The molecule has 124 valence electrons. The minimum Gasteiger partial charge on any atom is -0.400 e. The number of allylic oxidation sites excluding steroid dienone is 1. The Balaban J connectivity index is 1.68. The zero-order chi connectivity index (χ0) is 16.6. The van der Waals surface area contributed by atoms with Crippen molar-refractivity contribution < 1.29 is 13.2 Å². The van der Waals surface area contributed by atoms with Crippen LogP contribution in [0.1, 0.15) is 18.4 Å². The Morgan fingerprint density at radius 1 is 1.26 bits per heavy atom. The second kappa shape index (κ2) is 6.03. The van der Waals surface area contributed by atoms with E-state index < -0.39 is 11.7 Å². The van der Waals surface area contributed by atoms with Gasteiger partial charge in [-0.2, -0.15) is 13.2 Å². The second-order valence-corrected chi connectivity index (χ2v) is 6.16. The van der Waals surface area contributed by atoms with Crippen LogP contribution in [0.3, 0.4) is 0 Å². The SMILES string of the molecule is NC1=CC(C2CCN(c3ncc(C(F)(F)F)cc3Cl)CC2)=NC1. The molecule has 4 nitrogen and oxygen atoms in total. The van der Waals surface area contributed by atoms with E-state index in [0.717, 1.165) is 36.5 Å². The summed E-state index contributed by atoms with van der Waals surface area (Å²) < 4.78 is 38.0. The number of hydrogen-bond acceptors (Lipinski definition) is 4. The molecular weight excluding hydrogens is 329 g/mol. The number of hydrogen-bond donors (Lipinski definition) is 1. The van der Waals surface area contributed by atoms with Gasteiger partial charge in [0, 0.05) is 36.6 Å². The third-order valence-corrected chi connectivity index (χ3v) is 4.42. The lowest BCUT2D eigenvalue weighted by Gasteiger charge is -2.33. The third-order valence-electron chi connectivity index (χ3n) is 4.14. The lowest BCUT2D eigenvalue weighted by molar-refractivity contribution is -0.137. The Labute approximate surface area is 136 Å². The zero-order valence-corrected chi connectivity index (χ0v) is 13.0. The zero-order valence-electron chi connectivity index (χ0n) is 12.3. The largest absolute Gasteiger partial charge is 0.417 e. The van der Waals surface area contributed by atoms with Gasteiger partial charge >= 0.3 is 6.18 Å². The molecule has 0 aliphatic carbocycles. The molecule has 0 radical (unpaired) electrons. The fraction of sp³-hybridized carbons (Fsp3) is 0.467. The monoisotopic (exact) mass is 344 g/mol. The van der Waals surface area contributed by atoms with Crippen LogP contribution in [0.2, 0.25) is 5.02 Å².